The zero-order valence-electron chi connectivity index (χ0n) is 7.46. The highest BCUT2D eigenvalue weighted by Gasteiger charge is 2.15. The van der Waals surface area contributed by atoms with Crippen LogP contribution in [0.5, 0.6) is 0 Å². The first-order valence-electron chi connectivity index (χ1n) is 3.93. The monoisotopic (exact) mass is 175 g/mol. The van der Waals surface area contributed by atoms with Crippen LogP contribution in [0.3, 0.4) is 0 Å². The highest BCUT2D eigenvalue weighted by Crippen LogP contribution is 2.18. The lowest BCUT2D eigenvalue weighted by molar-refractivity contribution is -0.122. The summed E-state index contributed by atoms with van der Waals surface area (Å²) in [6.45, 7) is 4.12. The molecule has 0 aliphatic rings. The average molecular weight is 175 g/mol. The molecule has 11 heavy (non-hydrogen) atoms. The first-order chi connectivity index (χ1) is 5.11. The highest BCUT2D eigenvalue weighted by molar-refractivity contribution is 7.99. The van der Waals surface area contributed by atoms with E-state index in [2.05, 4.69) is 13.2 Å². The maximum Gasteiger partial charge on any atom is 0.220 e. The second-order valence-corrected chi connectivity index (χ2v) is 4.07. The van der Waals surface area contributed by atoms with Crippen LogP contribution in [0.2, 0.25) is 0 Å². The predicted molar refractivity (Wildman–Crippen MR) is 50.6 cm³/mol. The summed E-state index contributed by atoms with van der Waals surface area (Å²) in [7, 11) is 0. The Morgan fingerprint density at radius 2 is 2.18 bits per heavy atom. The molecule has 2 unspecified atom stereocenters. The van der Waals surface area contributed by atoms with E-state index in [1.807, 2.05) is 6.92 Å². The number of carbonyl (C=O) groups excluding carboxylic acids is 1. The Kier molecular flexibility index (Phi) is 5.38. The van der Waals surface area contributed by atoms with Crippen molar-refractivity contribution in [2.24, 2.45) is 11.7 Å². The zero-order valence-corrected chi connectivity index (χ0v) is 8.28. The fourth-order valence-corrected chi connectivity index (χ4v) is 1.41. The average Bonchev–Trinajstić information content (AvgIpc) is 1.99. The van der Waals surface area contributed by atoms with Gasteiger partial charge < -0.3 is 5.73 Å². The van der Waals surface area contributed by atoms with Crippen molar-refractivity contribution in [3.05, 3.63) is 0 Å². The molecule has 0 heterocycles. The molecule has 1 amide bonds. The fourth-order valence-electron chi connectivity index (χ4n) is 0.981. The van der Waals surface area contributed by atoms with E-state index in [1.165, 1.54) is 0 Å². The molecule has 2 N–H and O–H groups in total. The number of thioether (sulfide) groups is 1. The Labute approximate surface area is 72.9 Å². The van der Waals surface area contributed by atoms with Crippen molar-refractivity contribution in [1.29, 1.82) is 0 Å². The van der Waals surface area contributed by atoms with Gasteiger partial charge in [0.15, 0.2) is 0 Å². The minimum Gasteiger partial charge on any atom is -0.369 e. The molecule has 0 spiro atoms. The molecule has 0 aliphatic heterocycles. The molecule has 0 saturated heterocycles. The van der Waals surface area contributed by atoms with Crippen LogP contribution in [-0.2, 0) is 4.79 Å². The summed E-state index contributed by atoms with van der Waals surface area (Å²) in [6, 6.07) is 0. The van der Waals surface area contributed by atoms with E-state index >= 15 is 0 Å². The second kappa shape index (κ2) is 5.47. The van der Waals surface area contributed by atoms with Crippen LogP contribution in [0, 0.1) is 5.92 Å². The fraction of sp³-hybridized carbons (Fsp3) is 0.875. The van der Waals surface area contributed by atoms with Gasteiger partial charge in [0.05, 0.1) is 0 Å². The van der Waals surface area contributed by atoms with Gasteiger partial charge in [0, 0.05) is 11.2 Å². The lowest BCUT2D eigenvalue weighted by Gasteiger charge is -2.14. The van der Waals surface area contributed by atoms with Crippen molar-refractivity contribution in [1.82, 2.24) is 0 Å². The maximum atomic E-state index is 10.8. The Balaban J connectivity index is 3.77. The summed E-state index contributed by atoms with van der Waals surface area (Å²) < 4.78 is 0. The van der Waals surface area contributed by atoms with Gasteiger partial charge in [-0.3, -0.25) is 4.79 Å². The molecule has 0 saturated carbocycles. The smallest absolute Gasteiger partial charge is 0.220 e. The number of hydrogen-bond acceptors (Lipinski definition) is 2. The van der Waals surface area contributed by atoms with Gasteiger partial charge in [-0.25, -0.2) is 0 Å². The van der Waals surface area contributed by atoms with Crippen molar-refractivity contribution >= 4 is 17.7 Å². The van der Waals surface area contributed by atoms with Gasteiger partial charge in [-0.1, -0.05) is 13.8 Å². The van der Waals surface area contributed by atoms with Crippen LogP contribution in [0.25, 0.3) is 0 Å². The number of rotatable bonds is 5. The molecular weight excluding hydrogens is 158 g/mol. The van der Waals surface area contributed by atoms with E-state index < -0.39 is 0 Å². The minimum atomic E-state index is -0.159. The third kappa shape index (κ3) is 4.30. The molecule has 2 atom stereocenters. The molecule has 3 heteroatoms. The SMILES string of the molecule is CCC(CC(C)SC)C(N)=O. The predicted octanol–water partition coefficient (Wildman–Crippen LogP) is 1.64. The Morgan fingerprint density at radius 3 is 2.45 bits per heavy atom. The topological polar surface area (TPSA) is 43.1 Å². The van der Waals surface area contributed by atoms with Crippen molar-refractivity contribution < 1.29 is 4.79 Å². The normalized spacial score (nSPS) is 15.9. The van der Waals surface area contributed by atoms with Gasteiger partial charge >= 0.3 is 0 Å². The van der Waals surface area contributed by atoms with Crippen molar-refractivity contribution in [2.75, 3.05) is 6.26 Å². The summed E-state index contributed by atoms with van der Waals surface area (Å²) in [5.74, 6) is -0.0918. The standard InChI is InChI=1S/C8H17NOS/c1-4-7(8(9)10)5-6(2)11-3/h6-7H,4-5H2,1-3H3,(H2,9,10). The van der Waals surface area contributed by atoms with Gasteiger partial charge in [0.1, 0.15) is 0 Å². The van der Waals surface area contributed by atoms with Crippen molar-refractivity contribution in [3.8, 4) is 0 Å². The minimum absolute atomic E-state index is 0.0671. The van der Waals surface area contributed by atoms with E-state index in [0.29, 0.717) is 5.25 Å². The largest absolute Gasteiger partial charge is 0.369 e. The van der Waals surface area contributed by atoms with E-state index in [9.17, 15) is 4.79 Å². The Hall–Kier alpha value is -0.180. The molecular formula is C8H17NOS. The molecule has 0 bridgehead atoms. The summed E-state index contributed by atoms with van der Waals surface area (Å²) in [6.07, 6.45) is 3.83. The Morgan fingerprint density at radius 1 is 1.64 bits per heavy atom. The van der Waals surface area contributed by atoms with Crippen LogP contribution < -0.4 is 5.73 Å². The first-order valence-corrected chi connectivity index (χ1v) is 5.22. The number of amides is 1. The van der Waals surface area contributed by atoms with Crippen LogP contribution >= 0.6 is 11.8 Å². The van der Waals surface area contributed by atoms with Gasteiger partial charge in [-0.2, -0.15) is 11.8 Å². The third-order valence-electron chi connectivity index (χ3n) is 1.91. The van der Waals surface area contributed by atoms with Crippen molar-refractivity contribution in [3.63, 3.8) is 0 Å². The quantitative estimate of drug-likeness (QED) is 0.690. The Bertz CT molecular complexity index is 127. The molecule has 0 aromatic rings. The highest BCUT2D eigenvalue weighted by atomic mass is 32.2. The number of primary amides is 1. The number of hydrogen-bond donors (Lipinski definition) is 1. The molecule has 66 valence electrons. The van der Waals surface area contributed by atoms with E-state index in [1.54, 1.807) is 11.8 Å². The van der Waals surface area contributed by atoms with Crippen molar-refractivity contribution in [2.45, 2.75) is 31.9 Å². The summed E-state index contributed by atoms with van der Waals surface area (Å²) in [5.41, 5.74) is 5.20. The van der Waals surface area contributed by atoms with E-state index in [-0.39, 0.29) is 11.8 Å². The van der Waals surface area contributed by atoms with Crippen LogP contribution in [0.15, 0.2) is 0 Å². The van der Waals surface area contributed by atoms with Crippen LogP contribution in [-0.4, -0.2) is 17.4 Å². The van der Waals surface area contributed by atoms with Gasteiger partial charge in [-0.05, 0) is 19.1 Å². The van der Waals surface area contributed by atoms with Gasteiger partial charge in [-0.15, -0.1) is 0 Å². The second-order valence-electron chi connectivity index (χ2n) is 2.79. The van der Waals surface area contributed by atoms with E-state index in [4.69, 9.17) is 5.73 Å². The summed E-state index contributed by atoms with van der Waals surface area (Å²) >= 11 is 1.78. The van der Waals surface area contributed by atoms with Crippen LogP contribution in [0.4, 0.5) is 0 Å². The van der Waals surface area contributed by atoms with Crippen LogP contribution in [0.1, 0.15) is 26.7 Å². The molecule has 2 nitrogen and oxygen atoms in total. The summed E-state index contributed by atoms with van der Waals surface area (Å²) in [4.78, 5) is 10.8. The molecule has 0 aliphatic carbocycles. The number of nitrogens with two attached hydrogens (primary N) is 1. The van der Waals surface area contributed by atoms with Gasteiger partial charge in [0.2, 0.25) is 5.91 Å². The zero-order chi connectivity index (χ0) is 8.85. The lowest BCUT2D eigenvalue weighted by Crippen LogP contribution is -2.24. The third-order valence-corrected chi connectivity index (χ3v) is 2.91. The summed E-state index contributed by atoms with van der Waals surface area (Å²) in [5, 5.41) is 0.535. The molecule has 0 fully saturated rings. The van der Waals surface area contributed by atoms with Gasteiger partial charge in [0.25, 0.3) is 0 Å². The molecule has 0 aromatic heterocycles. The molecule has 0 aromatic carbocycles. The number of carbonyl (C=O) groups is 1. The molecule has 0 rings (SSSR count). The molecule has 0 radical (unpaired) electrons. The van der Waals surface area contributed by atoms with E-state index in [0.717, 1.165) is 12.8 Å². The lowest BCUT2D eigenvalue weighted by atomic mass is 10.0. The maximum absolute atomic E-state index is 10.8. The first kappa shape index (κ1) is 10.8.